The Balaban J connectivity index is 0.000000774. The summed E-state index contributed by atoms with van der Waals surface area (Å²) in [5.74, 6) is 1.69. The minimum atomic E-state index is 0.00574. The maximum atomic E-state index is 9.34. The van der Waals surface area contributed by atoms with Crippen LogP contribution < -0.4 is 5.32 Å². The number of piperazine rings is 1. The van der Waals surface area contributed by atoms with Crippen molar-refractivity contribution in [2.24, 2.45) is 11.8 Å². The summed E-state index contributed by atoms with van der Waals surface area (Å²) in [5.41, 5.74) is 0. The molecule has 4 heteroatoms. The van der Waals surface area contributed by atoms with Crippen LogP contribution in [0.15, 0.2) is 0 Å². The van der Waals surface area contributed by atoms with Crippen LogP contribution in [-0.4, -0.2) is 73.4 Å². The van der Waals surface area contributed by atoms with Crippen LogP contribution in [0.2, 0.25) is 0 Å². The summed E-state index contributed by atoms with van der Waals surface area (Å²) in [6.07, 6.45) is 4.80. The number of piperidine rings is 1. The molecule has 0 aromatic heterocycles. The van der Waals surface area contributed by atoms with E-state index in [-0.39, 0.29) is 6.10 Å². The van der Waals surface area contributed by atoms with Gasteiger partial charge in [0, 0.05) is 39.3 Å². The Morgan fingerprint density at radius 2 is 1.33 bits per heavy atom. The number of nitrogens with one attached hydrogen (secondary N) is 1. The molecule has 0 spiro atoms. The molecule has 21 heavy (non-hydrogen) atoms. The molecule has 0 radical (unpaired) electrons. The molecule has 2 heterocycles. The van der Waals surface area contributed by atoms with Crippen molar-refractivity contribution in [3.63, 3.8) is 0 Å². The highest BCUT2D eigenvalue weighted by atomic mass is 16.3. The van der Waals surface area contributed by atoms with Crippen molar-refractivity contribution in [3.8, 4) is 0 Å². The van der Waals surface area contributed by atoms with Crippen molar-refractivity contribution in [1.82, 2.24) is 15.1 Å². The molecule has 2 N–H and O–H groups in total. The lowest BCUT2D eigenvalue weighted by Crippen LogP contribution is -2.50. The maximum absolute atomic E-state index is 9.34. The first-order valence-electron chi connectivity index (χ1n) is 9.13. The summed E-state index contributed by atoms with van der Waals surface area (Å²) in [6, 6.07) is 0. The molecule has 3 aliphatic rings. The van der Waals surface area contributed by atoms with Gasteiger partial charge in [0.1, 0.15) is 0 Å². The molecular weight excluding hydrogens is 262 g/mol. The fourth-order valence-corrected chi connectivity index (χ4v) is 3.80. The lowest BCUT2D eigenvalue weighted by molar-refractivity contribution is 0.0133. The van der Waals surface area contributed by atoms with E-state index in [9.17, 15) is 5.11 Å². The molecule has 1 aliphatic carbocycles. The third kappa shape index (κ3) is 5.51. The molecule has 3 rings (SSSR count). The monoisotopic (exact) mass is 297 g/mol. The van der Waals surface area contributed by atoms with Crippen LogP contribution in [0.1, 0.15) is 39.5 Å². The quantitative estimate of drug-likeness (QED) is 0.823. The summed E-state index contributed by atoms with van der Waals surface area (Å²) >= 11 is 0. The molecule has 4 nitrogen and oxygen atoms in total. The highest BCUT2D eigenvalue weighted by Crippen LogP contribution is 2.28. The molecule has 0 bridgehead atoms. The van der Waals surface area contributed by atoms with Crippen molar-refractivity contribution in [3.05, 3.63) is 0 Å². The molecule has 3 fully saturated rings. The second-order valence-electron chi connectivity index (χ2n) is 6.79. The first-order valence-corrected chi connectivity index (χ1v) is 9.13. The van der Waals surface area contributed by atoms with Gasteiger partial charge in [0.15, 0.2) is 0 Å². The molecule has 0 aromatic rings. The van der Waals surface area contributed by atoms with Gasteiger partial charge in [-0.25, -0.2) is 0 Å². The predicted octanol–water partition coefficient (Wildman–Crippen LogP) is 1.40. The number of rotatable bonds is 4. The van der Waals surface area contributed by atoms with E-state index in [0.717, 1.165) is 24.7 Å². The number of hydrogen-bond donors (Lipinski definition) is 2. The Morgan fingerprint density at radius 3 is 1.81 bits per heavy atom. The van der Waals surface area contributed by atoms with Crippen molar-refractivity contribution in [2.75, 3.05) is 52.4 Å². The number of aliphatic hydroxyl groups is 1. The van der Waals surface area contributed by atoms with Crippen molar-refractivity contribution >= 4 is 0 Å². The van der Waals surface area contributed by atoms with E-state index in [2.05, 4.69) is 15.1 Å². The highest BCUT2D eigenvalue weighted by Gasteiger charge is 2.30. The van der Waals surface area contributed by atoms with Gasteiger partial charge < -0.3 is 20.2 Å². The average molecular weight is 297 g/mol. The minimum Gasteiger partial charge on any atom is -0.393 e. The van der Waals surface area contributed by atoms with Crippen LogP contribution in [0.3, 0.4) is 0 Å². The standard InChI is InChI=1S/C15H29N3O.C2H6/c19-15-9-14(10-15)12-18-7-5-17(6-8-18)11-13-1-3-16-4-2-13;1-2/h13-16,19H,1-12H2;1-2H3. The number of nitrogens with zero attached hydrogens (tertiary/aromatic N) is 2. The third-order valence-corrected chi connectivity index (χ3v) is 5.17. The van der Waals surface area contributed by atoms with Gasteiger partial charge >= 0.3 is 0 Å². The van der Waals surface area contributed by atoms with Gasteiger partial charge in [-0.2, -0.15) is 0 Å². The summed E-state index contributed by atoms with van der Waals surface area (Å²) in [4.78, 5) is 5.28. The summed E-state index contributed by atoms with van der Waals surface area (Å²) in [7, 11) is 0. The van der Waals surface area contributed by atoms with E-state index in [4.69, 9.17) is 0 Å². The molecule has 0 atom stereocenters. The first-order chi connectivity index (χ1) is 10.3. The molecule has 0 aromatic carbocycles. The highest BCUT2D eigenvalue weighted by molar-refractivity contribution is 4.83. The fourth-order valence-electron chi connectivity index (χ4n) is 3.80. The summed E-state index contributed by atoms with van der Waals surface area (Å²) < 4.78 is 0. The Morgan fingerprint density at radius 1 is 0.857 bits per heavy atom. The van der Waals surface area contributed by atoms with Gasteiger partial charge in [-0.05, 0) is 50.6 Å². The van der Waals surface area contributed by atoms with Crippen LogP contribution in [0.5, 0.6) is 0 Å². The zero-order valence-corrected chi connectivity index (χ0v) is 14.1. The van der Waals surface area contributed by atoms with E-state index in [1.54, 1.807) is 0 Å². The van der Waals surface area contributed by atoms with E-state index < -0.39 is 0 Å². The van der Waals surface area contributed by atoms with Crippen molar-refractivity contribution < 1.29 is 5.11 Å². The van der Waals surface area contributed by atoms with E-state index in [0.29, 0.717) is 0 Å². The summed E-state index contributed by atoms with van der Waals surface area (Å²) in [5, 5.41) is 12.8. The molecule has 2 aliphatic heterocycles. The molecular formula is C17H35N3O. The topological polar surface area (TPSA) is 38.7 Å². The van der Waals surface area contributed by atoms with Gasteiger partial charge in [0.2, 0.25) is 0 Å². The zero-order valence-electron chi connectivity index (χ0n) is 14.1. The number of aliphatic hydroxyl groups excluding tert-OH is 1. The van der Waals surface area contributed by atoms with Crippen molar-refractivity contribution in [1.29, 1.82) is 0 Å². The van der Waals surface area contributed by atoms with Gasteiger partial charge in [-0.15, -0.1) is 0 Å². The van der Waals surface area contributed by atoms with Gasteiger partial charge in [-0.3, -0.25) is 0 Å². The van der Waals surface area contributed by atoms with Gasteiger partial charge in [-0.1, -0.05) is 13.8 Å². The Bertz CT molecular complexity index is 267. The zero-order chi connectivity index (χ0) is 15.1. The molecule has 2 saturated heterocycles. The van der Waals surface area contributed by atoms with Gasteiger partial charge in [0.25, 0.3) is 0 Å². The Labute approximate surface area is 130 Å². The second-order valence-corrected chi connectivity index (χ2v) is 6.79. The fraction of sp³-hybridized carbons (Fsp3) is 1.00. The lowest BCUT2D eigenvalue weighted by atomic mass is 9.82. The predicted molar refractivity (Wildman–Crippen MR) is 88.6 cm³/mol. The Kier molecular flexibility index (Phi) is 7.44. The van der Waals surface area contributed by atoms with Crippen LogP contribution in [0.4, 0.5) is 0 Å². The third-order valence-electron chi connectivity index (χ3n) is 5.17. The molecule has 0 amide bonds. The second kappa shape index (κ2) is 9.09. The summed E-state index contributed by atoms with van der Waals surface area (Å²) in [6.45, 7) is 13.9. The Hall–Kier alpha value is -0.160. The molecule has 1 saturated carbocycles. The van der Waals surface area contributed by atoms with Crippen LogP contribution >= 0.6 is 0 Å². The van der Waals surface area contributed by atoms with E-state index >= 15 is 0 Å². The van der Waals surface area contributed by atoms with E-state index in [1.165, 1.54) is 65.2 Å². The SMILES string of the molecule is CC.OC1CC(CN2CCN(CC3CCNCC3)CC2)C1. The number of hydrogen-bond acceptors (Lipinski definition) is 4. The van der Waals surface area contributed by atoms with Crippen molar-refractivity contribution in [2.45, 2.75) is 45.6 Å². The first kappa shape index (κ1) is 17.2. The minimum absolute atomic E-state index is 0.00574. The largest absolute Gasteiger partial charge is 0.393 e. The average Bonchev–Trinajstić information content (AvgIpc) is 2.51. The maximum Gasteiger partial charge on any atom is 0.0546 e. The smallest absolute Gasteiger partial charge is 0.0546 e. The molecule has 0 unspecified atom stereocenters. The normalized spacial score (nSPS) is 32.1. The van der Waals surface area contributed by atoms with Gasteiger partial charge in [0.05, 0.1) is 6.10 Å². The van der Waals surface area contributed by atoms with E-state index in [1.807, 2.05) is 13.8 Å². The lowest BCUT2D eigenvalue weighted by Gasteiger charge is -2.41. The van der Waals surface area contributed by atoms with Crippen LogP contribution in [-0.2, 0) is 0 Å². The van der Waals surface area contributed by atoms with Crippen LogP contribution in [0.25, 0.3) is 0 Å². The van der Waals surface area contributed by atoms with Crippen LogP contribution in [0, 0.1) is 11.8 Å². The molecule has 124 valence electrons.